The Bertz CT molecular complexity index is 513. The van der Waals surface area contributed by atoms with Gasteiger partial charge in [-0.1, -0.05) is 12.1 Å². The van der Waals surface area contributed by atoms with Crippen LogP contribution in [0.1, 0.15) is 18.9 Å². The van der Waals surface area contributed by atoms with E-state index in [2.05, 4.69) is 16.0 Å². The summed E-state index contributed by atoms with van der Waals surface area (Å²) in [6.07, 6.45) is 0.506. The number of nitrogens with one attached hydrogen (secondary N) is 3. The smallest absolute Gasteiger partial charge is 0.319 e. The number of hydrogen-bond donors (Lipinski definition) is 4. The van der Waals surface area contributed by atoms with Gasteiger partial charge < -0.3 is 21.1 Å². The lowest BCUT2D eigenvalue weighted by Crippen LogP contribution is -2.45. The molecule has 1 aromatic rings. The highest BCUT2D eigenvalue weighted by Gasteiger charge is 2.13. The summed E-state index contributed by atoms with van der Waals surface area (Å²) in [6, 6.07) is 5.75. The van der Waals surface area contributed by atoms with E-state index in [1.807, 2.05) is 0 Å². The molecule has 0 aliphatic heterocycles. The van der Waals surface area contributed by atoms with Gasteiger partial charge in [-0.2, -0.15) is 0 Å². The minimum Gasteiger partial charge on any atom is -0.481 e. The van der Waals surface area contributed by atoms with Crippen LogP contribution in [0.3, 0.4) is 0 Å². The van der Waals surface area contributed by atoms with Crippen LogP contribution in [0.5, 0.6) is 0 Å². The van der Waals surface area contributed by atoms with Crippen molar-refractivity contribution in [3.63, 3.8) is 0 Å². The number of benzene rings is 1. The quantitative estimate of drug-likeness (QED) is 0.626. The van der Waals surface area contributed by atoms with Crippen LogP contribution in [0.2, 0.25) is 0 Å². The van der Waals surface area contributed by atoms with Gasteiger partial charge in [0.05, 0.1) is 0 Å². The standard InChI is InChI=1S/C14H19N3O4/c1-9(13(20)15-2)16-14(21)17-11-6-3-10(4-7-11)5-8-12(18)19/h3-4,6-7,9H,5,8H2,1-2H3,(H,15,20)(H,18,19)(H2,16,17,21). The Hall–Kier alpha value is -2.57. The van der Waals surface area contributed by atoms with Crippen LogP contribution < -0.4 is 16.0 Å². The molecule has 0 saturated heterocycles. The van der Waals surface area contributed by atoms with E-state index in [0.29, 0.717) is 12.1 Å². The minimum atomic E-state index is -0.847. The lowest BCUT2D eigenvalue weighted by molar-refractivity contribution is -0.137. The summed E-state index contributed by atoms with van der Waals surface area (Å²) in [6.45, 7) is 1.58. The first-order valence-electron chi connectivity index (χ1n) is 6.52. The largest absolute Gasteiger partial charge is 0.481 e. The monoisotopic (exact) mass is 293 g/mol. The number of rotatable bonds is 6. The summed E-state index contributed by atoms with van der Waals surface area (Å²) in [5.74, 6) is -1.13. The van der Waals surface area contributed by atoms with Gasteiger partial charge in [-0.25, -0.2) is 4.79 Å². The zero-order valence-corrected chi connectivity index (χ0v) is 12.0. The van der Waals surface area contributed by atoms with E-state index >= 15 is 0 Å². The second kappa shape index (κ2) is 7.88. The van der Waals surface area contributed by atoms with Crippen LogP contribution >= 0.6 is 0 Å². The molecule has 7 heteroatoms. The van der Waals surface area contributed by atoms with Crippen molar-refractivity contribution < 1.29 is 19.5 Å². The molecule has 1 atom stereocenters. The van der Waals surface area contributed by atoms with Crippen molar-refractivity contribution in [1.29, 1.82) is 0 Å². The van der Waals surface area contributed by atoms with Crippen molar-refractivity contribution in [3.05, 3.63) is 29.8 Å². The zero-order valence-electron chi connectivity index (χ0n) is 12.0. The maximum absolute atomic E-state index is 11.7. The van der Waals surface area contributed by atoms with Gasteiger partial charge in [-0.05, 0) is 31.0 Å². The van der Waals surface area contributed by atoms with Gasteiger partial charge in [0.15, 0.2) is 0 Å². The maximum Gasteiger partial charge on any atom is 0.319 e. The average molecular weight is 293 g/mol. The molecule has 1 aromatic carbocycles. The lowest BCUT2D eigenvalue weighted by atomic mass is 10.1. The van der Waals surface area contributed by atoms with Gasteiger partial charge in [0.1, 0.15) is 6.04 Å². The summed E-state index contributed by atoms with van der Waals surface area (Å²) in [5.41, 5.74) is 1.44. The second-order valence-corrected chi connectivity index (χ2v) is 4.53. The molecule has 0 fully saturated rings. The third-order valence-corrected chi connectivity index (χ3v) is 2.83. The van der Waals surface area contributed by atoms with Crippen molar-refractivity contribution >= 4 is 23.6 Å². The van der Waals surface area contributed by atoms with E-state index in [1.54, 1.807) is 31.2 Å². The Morgan fingerprint density at radius 2 is 1.81 bits per heavy atom. The molecular weight excluding hydrogens is 274 g/mol. The first-order chi connectivity index (χ1) is 9.92. The van der Waals surface area contributed by atoms with Gasteiger partial charge in [0.25, 0.3) is 0 Å². The van der Waals surface area contributed by atoms with E-state index < -0.39 is 18.0 Å². The molecule has 7 nitrogen and oxygen atoms in total. The van der Waals surface area contributed by atoms with Gasteiger partial charge in [-0.3, -0.25) is 9.59 Å². The number of likely N-dealkylation sites (N-methyl/N-ethyl adjacent to an activating group) is 1. The number of anilines is 1. The Balaban J connectivity index is 2.49. The number of carboxylic acids is 1. The van der Waals surface area contributed by atoms with E-state index in [1.165, 1.54) is 7.05 Å². The molecule has 114 valence electrons. The molecule has 0 bridgehead atoms. The number of amides is 3. The van der Waals surface area contributed by atoms with Crippen molar-refractivity contribution in [2.24, 2.45) is 0 Å². The van der Waals surface area contributed by atoms with Crippen LogP contribution in [0.4, 0.5) is 10.5 Å². The Labute approximate surface area is 122 Å². The molecule has 0 saturated carbocycles. The Morgan fingerprint density at radius 3 is 2.33 bits per heavy atom. The third-order valence-electron chi connectivity index (χ3n) is 2.83. The third kappa shape index (κ3) is 5.94. The average Bonchev–Trinajstić information content (AvgIpc) is 2.45. The number of aryl methyl sites for hydroxylation is 1. The van der Waals surface area contributed by atoms with Crippen molar-refractivity contribution in [3.8, 4) is 0 Å². The number of urea groups is 1. The maximum atomic E-state index is 11.7. The molecule has 1 rings (SSSR count). The minimum absolute atomic E-state index is 0.0664. The topological polar surface area (TPSA) is 108 Å². The molecule has 0 radical (unpaired) electrons. The summed E-state index contributed by atoms with van der Waals surface area (Å²) in [7, 11) is 1.49. The van der Waals surface area contributed by atoms with Crippen LogP contribution in [-0.4, -0.2) is 36.1 Å². The van der Waals surface area contributed by atoms with Crippen molar-refractivity contribution in [2.75, 3.05) is 12.4 Å². The van der Waals surface area contributed by atoms with E-state index in [-0.39, 0.29) is 12.3 Å². The molecule has 21 heavy (non-hydrogen) atoms. The fourth-order valence-electron chi connectivity index (χ4n) is 1.65. The summed E-state index contributed by atoms with van der Waals surface area (Å²) >= 11 is 0. The van der Waals surface area contributed by atoms with E-state index in [0.717, 1.165) is 5.56 Å². The fraction of sp³-hybridized carbons (Fsp3) is 0.357. The number of aliphatic carboxylic acids is 1. The van der Waals surface area contributed by atoms with E-state index in [9.17, 15) is 14.4 Å². The SMILES string of the molecule is CNC(=O)C(C)NC(=O)Nc1ccc(CCC(=O)O)cc1. The van der Waals surface area contributed by atoms with Gasteiger partial charge >= 0.3 is 12.0 Å². The van der Waals surface area contributed by atoms with E-state index in [4.69, 9.17) is 5.11 Å². The van der Waals surface area contributed by atoms with Crippen LogP contribution in [0.25, 0.3) is 0 Å². The zero-order chi connectivity index (χ0) is 15.8. The molecular formula is C14H19N3O4. The summed E-state index contributed by atoms with van der Waals surface area (Å²) in [5, 5.41) is 16.1. The molecule has 0 aromatic heterocycles. The first-order valence-corrected chi connectivity index (χ1v) is 6.52. The normalized spacial score (nSPS) is 11.3. The van der Waals surface area contributed by atoms with Crippen LogP contribution in [-0.2, 0) is 16.0 Å². The molecule has 0 heterocycles. The number of carbonyl (C=O) groups is 3. The lowest BCUT2D eigenvalue weighted by Gasteiger charge is -2.13. The van der Waals surface area contributed by atoms with Crippen LogP contribution in [0, 0.1) is 0 Å². The molecule has 1 unspecified atom stereocenters. The molecule has 0 spiro atoms. The molecule has 4 N–H and O–H groups in total. The Kier molecular flexibility index (Phi) is 6.19. The fourth-order valence-corrected chi connectivity index (χ4v) is 1.65. The number of carbonyl (C=O) groups excluding carboxylic acids is 2. The predicted molar refractivity (Wildman–Crippen MR) is 78.1 cm³/mol. The van der Waals surface area contributed by atoms with Gasteiger partial charge in [0, 0.05) is 19.2 Å². The highest BCUT2D eigenvalue weighted by Crippen LogP contribution is 2.11. The summed E-state index contributed by atoms with van der Waals surface area (Å²) in [4.78, 5) is 33.4. The molecule has 0 aliphatic carbocycles. The van der Waals surface area contributed by atoms with Crippen LogP contribution in [0.15, 0.2) is 24.3 Å². The van der Waals surface area contributed by atoms with Crippen molar-refractivity contribution in [2.45, 2.75) is 25.8 Å². The molecule has 3 amide bonds. The first kappa shape index (κ1) is 16.5. The van der Waals surface area contributed by atoms with Gasteiger partial charge in [-0.15, -0.1) is 0 Å². The Morgan fingerprint density at radius 1 is 1.19 bits per heavy atom. The molecule has 0 aliphatic rings. The highest BCUT2D eigenvalue weighted by molar-refractivity contribution is 5.93. The predicted octanol–water partition coefficient (Wildman–Crippen LogP) is 0.960. The van der Waals surface area contributed by atoms with Crippen molar-refractivity contribution in [1.82, 2.24) is 10.6 Å². The summed E-state index contributed by atoms with van der Waals surface area (Å²) < 4.78 is 0. The number of hydrogen-bond acceptors (Lipinski definition) is 3. The number of carboxylic acid groups (broad SMARTS) is 1. The van der Waals surface area contributed by atoms with Gasteiger partial charge in [0.2, 0.25) is 5.91 Å². The second-order valence-electron chi connectivity index (χ2n) is 4.53. The highest BCUT2D eigenvalue weighted by atomic mass is 16.4.